The zero-order valence-electron chi connectivity index (χ0n) is 8.85. The Morgan fingerprint density at radius 2 is 1.53 bits per heavy atom. The lowest BCUT2D eigenvalue weighted by atomic mass is 10.1. The van der Waals surface area contributed by atoms with Crippen LogP contribution in [0.25, 0.3) is 11.1 Å². The molecule has 0 bridgehead atoms. The van der Waals surface area contributed by atoms with Gasteiger partial charge in [-0.2, -0.15) is 0 Å². The minimum atomic E-state index is -4.08. The lowest BCUT2D eigenvalue weighted by molar-refractivity contribution is -0.196. The van der Waals surface area contributed by atoms with Crippen molar-refractivity contribution in [3.05, 3.63) is 54.6 Å². The summed E-state index contributed by atoms with van der Waals surface area (Å²) < 4.78 is 0. The first-order valence-corrected chi connectivity index (χ1v) is 7.99. The van der Waals surface area contributed by atoms with Gasteiger partial charge >= 0.3 is 6.72 Å². The van der Waals surface area contributed by atoms with E-state index in [-0.39, 0.29) is 0 Å². The van der Waals surface area contributed by atoms with Gasteiger partial charge in [0.2, 0.25) is 15.8 Å². The van der Waals surface area contributed by atoms with Crippen molar-refractivity contribution in [2.75, 3.05) is 0 Å². The van der Waals surface area contributed by atoms with Crippen LogP contribution in [0.5, 0.6) is 0 Å². The lowest BCUT2D eigenvalue weighted by Crippen LogP contribution is -1.98. The van der Waals surface area contributed by atoms with E-state index in [1.54, 1.807) is 18.2 Å². The van der Waals surface area contributed by atoms with Gasteiger partial charge in [0.15, 0.2) is 0 Å². The predicted octanol–water partition coefficient (Wildman–Crippen LogP) is 1.82. The molecular formula is C12H11O3PS. The molecule has 2 aromatic carbocycles. The molecule has 0 heterocycles. The summed E-state index contributed by atoms with van der Waals surface area (Å²) >= 11 is 0. The third-order valence-corrected chi connectivity index (χ3v) is 4.21. The molecule has 0 aromatic heterocycles. The van der Waals surface area contributed by atoms with Gasteiger partial charge in [0, 0.05) is 12.1 Å². The van der Waals surface area contributed by atoms with Crippen LogP contribution in [0, 0.1) is 0 Å². The summed E-state index contributed by atoms with van der Waals surface area (Å²) in [5.74, 6) is 0. The molecule has 2 N–H and O–H groups in total. The Morgan fingerprint density at radius 3 is 2.18 bits per heavy atom. The Labute approximate surface area is 103 Å². The van der Waals surface area contributed by atoms with Gasteiger partial charge in [-0.1, -0.05) is 42.5 Å². The van der Waals surface area contributed by atoms with Gasteiger partial charge in [0.05, 0.1) is 0 Å². The Hall–Kier alpha value is -1.03. The molecule has 0 fully saturated rings. The first-order valence-electron chi connectivity index (χ1n) is 4.95. The minimum absolute atomic E-state index is 0.569. The van der Waals surface area contributed by atoms with Crippen molar-refractivity contribution in [2.45, 2.75) is 4.90 Å². The number of rotatable bonds is 2. The second-order valence-corrected chi connectivity index (χ2v) is 7.09. The molecule has 0 aliphatic heterocycles. The standard InChI is InChI=1S/C12H11O3PS/c13-16(14,15)17-12-8-4-7-11(9-12)10-5-2-1-3-6-10/h1-9H,(H2-,13,14,15). The van der Waals surface area contributed by atoms with Gasteiger partial charge in [-0.05, 0) is 11.1 Å². The minimum Gasteiger partial charge on any atom is -0.742 e. The van der Waals surface area contributed by atoms with E-state index in [9.17, 15) is 4.89 Å². The molecule has 0 unspecified atom stereocenters. The smallest absolute Gasteiger partial charge is 0.321 e. The van der Waals surface area contributed by atoms with Crippen LogP contribution in [0.3, 0.4) is 0 Å². The highest BCUT2D eigenvalue weighted by Gasteiger charge is 2.11. The van der Waals surface area contributed by atoms with Crippen molar-refractivity contribution in [1.29, 1.82) is 0 Å². The summed E-state index contributed by atoms with van der Waals surface area (Å²) in [5.41, 5.74) is 1.98. The fourth-order valence-electron chi connectivity index (χ4n) is 1.50. The van der Waals surface area contributed by atoms with Crippen LogP contribution in [-0.4, -0.2) is 9.79 Å². The fourth-order valence-corrected chi connectivity index (χ4v) is 3.26. The highest BCUT2D eigenvalue weighted by atomic mass is 32.5. The van der Waals surface area contributed by atoms with E-state index in [1.807, 2.05) is 36.4 Å². The average molecular weight is 266 g/mol. The first kappa shape index (κ1) is 12.4. The van der Waals surface area contributed by atoms with E-state index < -0.39 is 6.72 Å². The maximum atomic E-state index is 10.9. The van der Waals surface area contributed by atoms with Crippen molar-refractivity contribution >= 4 is 17.7 Å². The zero-order valence-corrected chi connectivity index (χ0v) is 10.6. The van der Waals surface area contributed by atoms with Crippen LogP contribution < -0.4 is 4.89 Å². The third kappa shape index (κ3) is 3.73. The van der Waals surface area contributed by atoms with Crippen molar-refractivity contribution in [2.24, 2.45) is 0 Å². The molecular weight excluding hydrogens is 255 g/mol. The molecule has 0 aliphatic rings. The van der Waals surface area contributed by atoms with Crippen LogP contribution in [0.15, 0.2) is 59.5 Å². The summed E-state index contributed by atoms with van der Waals surface area (Å²) in [4.78, 5) is 29.3. The molecule has 0 radical (unpaired) electrons. The normalized spacial score (nSPS) is 11.2. The molecule has 2 aromatic rings. The van der Waals surface area contributed by atoms with E-state index >= 15 is 0 Å². The maximum absolute atomic E-state index is 10.9. The first-order chi connectivity index (χ1) is 8.04. The van der Waals surface area contributed by atoms with Gasteiger partial charge in [-0.25, -0.2) is 0 Å². The molecule has 2 rings (SSSR count). The average Bonchev–Trinajstić information content (AvgIpc) is 2.28. The second kappa shape index (κ2) is 5.08. The predicted molar refractivity (Wildman–Crippen MR) is 68.9 cm³/mol. The van der Waals surface area contributed by atoms with Gasteiger partial charge in [0.25, 0.3) is 0 Å². The van der Waals surface area contributed by atoms with Crippen molar-refractivity contribution in [1.82, 2.24) is 0 Å². The molecule has 0 atom stereocenters. The molecule has 17 heavy (non-hydrogen) atoms. The number of benzene rings is 2. The van der Waals surface area contributed by atoms with E-state index in [4.69, 9.17) is 9.79 Å². The van der Waals surface area contributed by atoms with Gasteiger partial charge in [-0.3, -0.25) is 0 Å². The van der Waals surface area contributed by atoms with Crippen LogP contribution in [-0.2, 0) is 10.9 Å². The third-order valence-electron chi connectivity index (χ3n) is 2.17. The van der Waals surface area contributed by atoms with E-state index in [1.165, 1.54) is 0 Å². The van der Waals surface area contributed by atoms with Crippen LogP contribution in [0.4, 0.5) is 0 Å². The Balaban J connectivity index is 2.43. The molecule has 0 saturated heterocycles. The molecule has 0 amide bonds. The Bertz CT molecular complexity index is 555. The summed E-state index contributed by atoms with van der Waals surface area (Å²) in [5, 5.41) is 0. The van der Waals surface area contributed by atoms with Gasteiger partial charge < -0.3 is 14.7 Å². The SMILES string of the molecule is [O-]P(O)(O)=[S+]c1cccc(-c2ccccc2)c1. The summed E-state index contributed by atoms with van der Waals surface area (Å²) in [6.45, 7) is -4.08. The molecule has 0 spiro atoms. The summed E-state index contributed by atoms with van der Waals surface area (Å²) in [7, 11) is 0.576. The maximum Gasteiger partial charge on any atom is 0.321 e. The van der Waals surface area contributed by atoms with Crippen molar-refractivity contribution in [3.63, 3.8) is 0 Å². The molecule has 0 aliphatic carbocycles. The summed E-state index contributed by atoms with van der Waals surface area (Å²) in [6.07, 6.45) is 0. The van der Waals surface area contributed by atoms with Gasteiger partial charge in [0.1, 0.15) is 0 Å². The van der Waals surface area contributed by atoms with Crippen molar-refractivity contribution < 1.29 is 14.7 Å². The topological polar surface area (TPSA) is 63.5 Å². The molecule has 5 heteroatoms. The van der Waals surface area contributed by atoms with Crippen molar-refractivity contribution in [3.8, 4) is 11.1 Å². The Kier molecular flexibility index (Phi) is 3.72. The van der Waals surface area contributed by atoms with Crippen LogP contribution in [0.2, 0.25) is 0 Å². The fraction of sp³-hybridized carbons (Fsp3) is 0. The molecule has 0 saturated carbocycles. The lowest BCUT2D eigenvalue weighted by Gasteiger charge is -2.02. The molecule has 88 valence electrons. The number of hydrogen-bond acceptors (Lipinski definition) is 1. The number of hydrogen-bond donors (Lipinski definition) is 2. The Morgan fingerprint density at radius 1 is 0.882 bits per heavy atom. The summed E-state index contributed by atoms with van der Waals surface area (Å²) in [6, 6.07) is 16.9. The highest BCUT2D eigenvalue weighted by Crippen LogP contribution is 2.29. The largest absolute Gasteiger partial charge is 0.742 e. The highest BCUT2D eigenvalue weighted by molar-refractivity contribution is 8.15. The van der Waals surface area contributed by atoms with E-state index in [0.29, 0.717) is 15.8 Å². The van der Waals surface area contributed by atoms with Crippen LogP contribution in [0.1, 0.15) is 0 Å². The van der Waals surface area contributed by atoms with Crippen LogP contribution >= 0.6 is 6.72 Å². The van der Waals surface area contributed by atoms with Gasteiger partial charge in [-0.15, -0.1) is 0 Å². The second-order valence-electron chi connectivity index (χ2n) is 3.48. The quantitative estimate of drug-likeness (QED) is 0.643. The monoisotopic (exact) mass is 266 g/mol. The zero-order chi connectivity index (χ0) is 12.3. The van der Waals surface area contributed by atoms with E-state index in [0.717, 1.165) is 11.1 Å². The molecule has 3 nitrogen and oxygen atoms in total. The van der Waals surface area contributed by atoms with E-state index in [2.05, 4.69) is 0 Å².